The molecule has 0 atom stereocenters. The largest absolute Gasteiger partial charge is 0.346 e. The first-order valence-electron chi connectivity index (χ1n) is 7.21. The minimum absolute atomic E-state index is 0.758. The molecule has 2 heterocycles. The molecule has 0 aromatic carbocycles. The highest BCUT2D eigenvalue weighted by molar-refractivity contribution is 7.15. The summed E-state index contributed by atoms with van der Waals surface area (Å²) >= 11 is 3.65. The van der Waals surface area contributed by atoms with Crippen LogP contribution in [-0.4, -0.2) is 18.1 Å². The Balaban J connectivity index is 1.68. The lowest BCUT2D eigenvalue weighted by atomic mass is 10.3. The molecule has 1 aliphatic rings. The molecule has 1 aliphatic carbocycles. The summed E-state index contributed by atoms with van der Waals surface area (Å²) in [6.07, 6.45) is 3.70. The lowest BCUT2D eigenvalue weighted by Crippen LogP contribution is -2.15. The first-order valence-corrected chi connectivity index (χ1v) is 8.91. The van der Waals surface area contributed by atoms with Crippen molar-refractivity contribution in [1.29, 1.82) is 0 Å². The van der Waals surface area contributed by atoms with Crippen LogP contribution < -0.4 is 10.2 Å². The smallest absolute Gasteiger partial charge is 0.185 e. The van der Waals surface area contributed by atoms with Gasteiger partial charge < -0.3 is 10.2 Å². The average molecular weight is 307 g/mol. The summed E-state index contributed by atoms with van der Waals surface area (Å²) in [4.78, 5) is 9.87. The van der Waals surface area contributed by atoms with Crippen LogP contribution in [0.2, 0.25) is 0 Å². The number of hydrogen-bond donors (Lipinski definition) is 1. The van der Waals surface area contributed by atoms with Gasteiger partial charge in [0, 0.05) is 29.4 Å². The zero-order chi connectivity index (χ0) is 13.9. The van der Waals surface area contributed by atoms with Crippen molar-refractivity contribution in [2.45, 2.75) is 45.3 Å². The van der Waals surface area contributed by atoms with Gasteiger partial charge >= 0.3 is 0 Å². The molecule has 0 aliphatic heterocycles. The van der Waals surface area contributed by atoms with Crippen LogP contribution in [0.15, 0.2) is 17.5 Å². The molecular weight excluding hydrogens is 286 g/mol. The number of anilines is 1. The first-order chi connectivity index (χ1) is 9.76. The number of hydrogen-bond acceptors (Lipinski definition) is 5. The molecule has 1 saturated carbocycles. The highest BCUT2D eigenvalue weighted by Crippen LogP contribution is 2.29. The van der Waals surface area contributed by atoms with Gasteiger partial charge in [-0.2, -0.15) is 0 Å². The minimum atomic E-state index is 0.758. The third kappa shape index (κ3) is 3.40. The third-order valence-electron chi connectivity index (χ3n) is 3.53. The number of thiazole rings is 1. The molecule has 2 aromatic heterocycles. The quantitative estimate of drug-likeness (QED) is 0.846. The Morgan fingerprint density at radius 2 is 2.30 bits per heavy atom. The topological polar surface area (TPSA) is 28.2 Å². The van der Waals surface area contributed by atoms with Crippen molar-refractivity contribution < 1.29 is 0 Å². The van der Waals surface area contributed by atoms with Crippen LogP contribution in [0, 0.1) is 0 Å². The lowest BCUT2D eigenvalue weighted by molar-refractivity contribution is 0.689. The summed E-state index contributed by atoms with van der Waals surface area (Å²) in [5.74, 6) is 0. The average Bonchev–Trinajstić information content (AvgIpc) is 2.98. The zero-order valence-electron chi connectivity index (χ0n) is 12.1. The molecule has 108 valence electrons. The summed E-state index contributed by atoms with van der Waals surface area (Å²) in [6.45, 7) is 4.13. The standard InChI is InChI=1S/C15H21N3S2/c1-3-13-14(9-16-11-6-7-11)20-15(17-13)18(2)10-12-5-4-8-19-12/h4-5,8,11,16H,3,6-7,9-10H2,1-2H3. The van der Waals surface area contributed by atoms with Gasteiger partial charge in [-0.05, 0) is 30.7 Å². The van der Waals surface area contributed by atoms with E-state index in [-0.39, 0.29) is 0 Å². The summed E-state index contributed by atoms with van der Waals surface area (Å²) in [5.41, 5.74) is 1.26. The van der Waals surface area contributed by atoms with Crippen LogP contribution in [0.25, 0.3) is 0 Å². The van der Waals surface area contributed by atoms with Crippen molar-refractivity contribution in [2.24, 2.45) is 0 Å². The molecule has 0 bridgehead atoms. The fourth-order valence-electron chi connectivity index (χ4n) is 2.18. The second kappa shape index (κ2) is 6.24. The Bertz CT molecular complexity index is 543. The molecular formula is C15H21N3S2. The van der Waals surface area contributed by atoms with Crippen molar-refractivity contribution >= 4 is 27.8 Å². The lowest BCUT2D eigenvalue weighted by Gasteiger charge is -2.14. The molecule has 1 fully saturated rings. The van der Waals surface area contributed by atoms with E-state index in [1.54, 1.807) is 0 Å². The second-order valence-corrected chi connectivity index (χ2v) is 7.40. The third-order valence-corrected chi connectivity index (χ3v) is 5.60. The van der Waals surface area contributed by atoms with E-state index >= 15 is 0 Å². The molecule has 0 radical (unpaired) electrons. The van der Waals surface area contributed by atoms with E-state index in [1.807, 2.05) is 22.7 Å². The molecule has 0 unspecified atom stereocenters. The van der Waals surface area contributed by atoms with E-state index in [1.165, 1.54) is 28.3 Å². The molecule has 20 heavy (non-hydrogen) atoms. The normalized spacial score (nSPS) is 14.7. The van der Waals surface area contributed by atoms with Crippen LogP contribution >= 0.6 is 22.7 Å². The van der Waals surface area contributed by atoms with E-state index in [0.29, 0.717) is 0 Å². The fraction of sp³-hybridized carbons (Fsp3) is 0.533. The Kier molecular flexibility index (Phi) is 4.38. The van der Waals surface area contributed by atoms with Gasteiger partial charge in [-0.15, -0.1) is 22.7 Å². The van der Waals surface area contributed by atoms with Crippen molar-refractivity contribution in [2.75, 3.05) is 11.9 Å². The molecule has 3 nitrogen and oxygen atoms in total. The Labute approximate surface area is 128 Å². The molecule has 1 N–H and O–H groups in total. The number of nitrogens with zero attached hydrogens (tertiary/aromatic N) is 2. The van der Waals surface area contributed by atoms with E-state index in [4.69, 9.17) is 4.98 Å². The number of thiophene rings is 1. The van der Waals surface area contributed by atoms with Crippen molar-refractivity contribution in [3.8, 4) is 0 Å². The number of aromatic nitrogens is 1. The molecule has 2 aromatic rings. The first kappa shape index (κ1) is 14.0. The van der Waals surface area contributed by atoms with E-state index in [9.17, 15) is 0 Å². The van der Waals surface area contributed by atoms with Crippen LogP contribution in [0.4, 0.5) is 5.13 Å². The van der Waals surface area contributed by atoms with Crippen LogP contribution in [-0.2, 0) is 19.5 Å². The Morgan fingerprint density at radius 3 is 2.95 bits per heavy atom. The van der Waals surface area contributed by atoms with Crippen molar-refractivity contribution in [3.63, 3.8) is 0 Å². The minimum Gasteiger partial charge on any atom is -0.346 e. The summed E-state index contributed by atoms with van der Waals surface area (Å²) < 4.78 is 0. The van der Waals surface area contributed by atoms with Crippen LogP contribution in [0.5, 0.6) is 0 Å². The SMILES string of the molecule is CCc1nc(N(C)Cc2cccs2)sc1CNC1CC1. The van der Waals surface area contributed by atoms with Crippen LogP contribution in [0.1, 0.15) is 35.2 Å². The second-order valence-electron chi connectivity index (χ2n) is 5.31. The molecule has 0 spiro atoms. The maximum Gasteiger partial charge on any atom is 0.185 e. The predicted octanol–water partition coefficient (Wildman–Crippen LogP) is 3.66. The summed E-state index contributed by atoms with van der Waals surface area (Å²) in [7, 11) is 2.14. The predicted molar refractivity (Wildman–Crippen MR) is 87.8 cm³/mol. The van der Waals surface area contributed by atoms with Crippen LogP contribution in [0.3, 0.4) is 0 Å². The van der Waals surface area contributed by atoms with Gasteiger partial charge in [0.15, 0.2) is 5.13 Å². The van der Waals surface area contributed by atoms with E-state index in [0.717, 1.165) is 30.7 Å². The van der Waals surface area contributed by atoms with Gasteiger partial charge in [0.2, 0.25) is 0 Å². The Hall–Kier alpha value is -0.910. The van der Waals surface area contributed by atoms with Crippen molar-refractivity contribution in [3.05, 3.63) is 33.0 Å². The number of rotatable bonds is 7. The molecule has 3 rings (SSSR count). The monoisotopic (exact) mass is 307 g/mol. The fourth-order valence-corrected chi connectivity index (χ4v) is 3.99. The van der Waals surface area contributed by atoms with Gasteiger partial charge in [-0.25, -0.2) is 4.98 Å². The van der Waals surface area contributed by atoms with Gasteiger partial charge in [-0.3, -0.25) is 0 Å². The van der Waals surface area contributed by atoms with Gasteiger partial charge in [-0.1, -0.05) is 13.0 Å². The van der Waals surface area contributed by atoms with E-state index < -0.39 is 0 Å². The Morgan fingerprint density at radius 1 is 1.45 bits per heavy atom. The number of aryl methyl sites for hydroxylation is 1. The molecule has 0 amide bonds. The summed E-state index contributed by atoms with van der Waals surface area (Å²) in [6, 6.07) is 5.05. The zero-order valence-corrected chi connectivity index (χ0v) is 13.7. The molecule has 0 saturated heterocycles. The highest BCUT2D eigenvalue weighted by Gasteiger charge is 2.21. The maximum atomic E-state index is 4.82. The summed E-state index contributed by atoms with van der Waals surface area (Å²) in [5, 5.41) is 6.87. The van der Waals surface area contributed by atoms with E-state index in [2.05, 4.69) is 41.7 Å². The van der Waals surface area contributed by atoms with Crippen molar-refractivity contribution in [1.82, 2.24) is 10.3 Å². The van der Waals surface area contributed by atoms with Gasteiger partial charge in [0.25, 0.3) is 0 Å². The number of nitrogens with one attached hydrogen (secondary N) is 1. The molecule has 5 heteroatoms. The maximum absolute atomic E-state index is 4.82. The highest BCUT2D eigenvalue weighted by atomic mass is 32.1. The van der Waals surface area contributed by atoms with Gasteiger partial charge in [0.05, 0.1) is 12.2 Å². The van der Waals surface area contributed by atoms with Gasteiger partial charge in [0.1, 0.15) is 0 Å².